The van der Waals surface area contributed by atoms with Crippen LogP contribution in [0, 0.1) is 0 Å². The van der Waals surface area contributed by atoms with Gasteiger partial charge in [-0.15, -0.1) is 11.8 Å². The number of ether oxygens (including phenoxy) is 1. The lowest BCUT2D eigenvalue weighted by Gasteiger charge is -2.30. The highest BCUT2D eigenvalue weighted by atomic mass is 32.2. The van der Waals surface area contributed by atoms with Gasteiger partial charge in [0.15, 0.2) is 0 Å². The molecular formula is C23H30N2O3S. The second-order valence-corrected chi connectivity index (χ2v) is 7.66. The summed E-state index contributed by atoms with van der Waals surface area (Å²) in [6, 6.07) is 17.2. The molecular weight excluding hydrogens is 384 g/mol. The Kier molecular flexibility index (Phi) is 9.57. The molecule has 156 valence electrons. The average Bonchev–Trinajstić information content (AvgIpc) is 2.74. The van der Waals surface area contributed by atoms with Crippen LogP contribution in [0.25, 0.3) is 0 Å². The zero-order chi connectivity index (χ0) is 21.1. The molecule has 2 amide bonds. The van der Waals surface area contributed by atoms with Crippen LogP contribution in [0.15, 0.2) is 54.6 Å². The SMILES string of the molecule is CCNC(=O)[C@H](CC)N(Cc1cccc(OC)c1)C(=O)CSCc1ccccc1. The van der Waals surface area contributed by atoms with E-state index in [4.69, 9.17) is 4.74 Å². The van der Waals surface area contributed by atoms with Crippen LogP contribution in [-0.4, -0.2) is 42.2 Å². The predicted molar refractivity (Wildman–Crippen MR) is 119 cm³/mol. The molecule has 0 bridgehead atoms. The third kappa shape index (κ3) is 7.13. The summed E-state index contributed by atoms with van der Waals surface area (Å²) >= 11 is 1.57. The normalized spacial score (nSPS) is 11.6. The van der Waals surface area contributed by atoms with Crippen molar-refractivity contribution in [3.8, 4) is 5.75 Å². The molecule has 0 saturated carbocycles. The van der Waals surface area contributed by atoms with Crippen molar-refractivity contribution in [1.29, 1.82) is 0 Å². The summed E-state index contributed by atoms with van der Waals surface area (Å²) in [5.41, 5.74) is 2.12. The van der Waals surface area contributed by atoms with E-state index in [1.807, 2.05) is 56.3 Å². The number of methoxy groups -OCH3 is 1. The molecule has 0 spiro atoms. The van der Waals surface area contributed by atoms with Crippen LogP contribution in [-0.2, 0) is 21.9 Å². The van der Waals surface area contributed by atoms with Gasteiger partial charge in [0.2, 0.25) is 11.8 Å². The van der Waals surface area contributed by atoms with E-state index in [1.165, 1.54) is 5.56 Å². The molecule has 0 unspecified atom stereocenters. The van der Waals surface area contributed by atoms with E-state index in [1.54, 1.807) is 23.8 Å². The summed E-state index contributed by atoms with van der Waals surface area (Å²) in [4.78, 5) is 27.4. The Hall–Kier alpha value is -2.47. The molecule has 0 aliphatic carbocycles. The highest BCUT2D eigenvalue weighted by Gasteiger charge is 2.28. The zero-order valence-corrected chi connectivity index (χ0v) is 18.2. The number of thioether (sulfide) groups is 1. The molecule has 0 fully saturated rings. The van der Waals surface area contributed by atoms with Gasteiger partial charge < -0.3 is 15.0 Å². The van der Waals surface area contributed by atoms with Crippen LogP contribution in [0.4, 0.5) is 0 Å². The number of rotatable bonds is 11. The quantitative estimate of drug-likeness (QED) is 0.606. The van der Waals surface area contributed by atoms with Gasteiger partial charge in [0.05, 0.1) is 12.9 Å². The van der Waals surface area contributed by atoms with Crippen LogP contribution >= 0.6 is 11.8 Å². The maximum Gasteiger partial charge on any atom is 0.242 e. The van der Waals surface area contributed by atoms with E-state index in [0.29, 0.717) is 25.3 Å². The minimum atomic E-state index is -0.494. The van der Waals surface area contributed by atoms with Crippen molar-refractivity contribution in [3.05, 3.63) is 65.7 Å². The van der Waals surface area contributed by atoms with E-state index in [-0.39, 0.29) is 11.8 Å². The summed E-state index contributed by atoms with van der Waals surface area (Å²) in [5.74, 6) is 1.68. The lowest BCUT2D eigenvalue weighted by molar-refractivity contribution is -0.139. The Morgan fingerprint density at radius 2 is 1.79 bits per heavy atom. The van der Waals surface area contributed by atoms with Gasteiger partial charge in [-0.25, -0.2) is 0 Å². The van der Waals surface area contributed by atoms with E-state index in [2.05, 4.69) is 17.4 Å². The van der Waals surface area contributed by atoms with Crippen LogP contribution < -0.4 is 10.1 Å². The Morgan fingerprint density at radius 3 is 2.45 bits per heavy atom. The molecule has 1 N–H and O–H groups in total. The highest BCUT2D eigenvalue weighted by molar-refractivity contribution is 7.99. The molecule has 0 aliphatic rings. The first-order valence-corrected chi connectivity index (χ1v) is 11.1. The largest absolute Gasteiger partial charge is 0.497 e. The fraction of sp³-hybridized carbons (Fsp3) is 0.391. The Balaban J connectivity index is 2.13. The number of hydrogen-bond acceptors (Lipinski definition) is 4. The van der Waals surface area contributed by atoms with Crippen LogP contribution in [0.2, 0.25) is 0 Å². The molecule has 1 atom stereocenters. The van der Waals surface area contributed by atoms with Crippen molar-refractivity contribution >= 4 is 23.6 Å². The molecule has 0 aliphatic heterocycles. The molecule has 6 heteroatoms. The standard InChI is InChI=1S/C23H30N2O3S/c1-4-21(23(27)24-5-2)25(15-19-12-9-13-20(14-19)28-3)22(26)17-29-16-18-10-7-6-8-11-18/h6-14,21H,4-5,15-17H2,1-3H3,(H,24,27)/t21-/m0/s1. The van der Waals surface area contributed by atoms with Crippen LogP contribution in [0.1, 0.15) is 31.4 Å². The van der Waals surface area contributed by atoms with Gasteiger partial charge in [0.25, 0.3) is 0 Å². The zero-order valence-electron chi connectivity index (χ0n) is 17.4. The first-order chi connectivity index (χ1) is 14.1. The lowest BCUT2D eigenvalue weighted by atomic mass is 10.1. The van der Waals surface area contributed by atoms with Crippen LogP contribution in [0.5, 0.6) is 5.75 Å². The molecule has 2 rings (SSSR count). The first-order valence-electron chi connectivity index (χ1n) is 9.90. The predicted octanol–water partition coefficient (Wildman–Crippen LogP) is 3.87. The van der Waals surface area contributed by atoms with E-state index in [9.17, 15) is 9.59 Å². The van der Waals surface area contributed by atoms with Gasteiger partial charge in [0, 0.05) is 18.8 Å². The van der Waals surface area contributed by atoms with E-state index < -0.39 is 6.04 Å². The lowest BCUT2D eigenvalue weighted by Crippen LogP contribution is -2.49. The van der Waals surface area contributed by atoms with Gasteiger partial charge in [-0.3, -0.25) is 9.59 Å². The molecule has 0 aromatic heterocycles. The Labute approximate surface area is 177 Å². The van der Waals surface area contributed by atoms with Gasteiger partial charge in [0.1, 0.15) is 11.8 Å². The van der Waals surface area contributed by atoms with Crippen molar-refractivity contribution in [2.45, 2.75) is 38.6 Å². The number of likely N-dealkylation sites (N-methyl/N-ethyl adjacent to an activating group) is 1. The summed E-state index contributed by atoms with van der Waals surface area (Å²) in [6.07, 6.45) is 0.560. The van der Waals surface area contributed by atoms with Gasteiger partial charge in [-0.1, -0.05) is 49.4 Å². The Morgan fingerprint density at radius 1 is 1.07 bits per heavy atom. The molecule has 5 nitrogen and oxygen atoms in total. The second kappa shape index (κ2) is 12.2. The maximum absolute atomic E-state index is 13.1. The second-order valence-electron chi connectivity index (χ2n) is 6.67. The molecule has 0 radical (unpaired) electrons. The third-order valence-electron chi connectivity index (χ3n) is 4.56. The summed E-state index contributed by atoms with van der Waals surface area (Å²) < 4.78 is 5.30. The summed E-state index contributed by atoms with van der Waals surface area (Å²) in [7, 11) is 1.62. The molecule has 0 heterocycles. The average molecular weight is 415 g/mol. The third-order valence-corrected chi connectivity index (χ3v) is 5.55. The van der Waals surface area contributed by atoms with Gasteiger partial charge in [-0.05, 0) is 36.6 Å². The molecule has 2 aromatic rings. The minimum Gasteiger partial charge on any atom is -0.497 e. The number of carbonyl (C=O) groups is 2. The molecule has 2 aromatic carbocycles. The van der Waals surface area contributed by atoms with Crippen LogP contribution in [0.3, 0.4) is 0 Å². The molecule has 29 heavy (non-hydrogen) atoms. The van der Waals surface area contributed by atoms with Crippen molar-refractivity contribution in [2.24, 2.45) is 0 Å². The fourth-order valence-corrected chi connectivity index (χ4v) is 3.96. The monoisotopic (exact) mass is 414 g/mol. The number of benzene rings is 2. The number of nitrogens with one attached hydrogen (secondary N) is 1. The first kappa shape index (κ1) is 22.8. The minimum absolute atomic E-state index is 0.0353. The summed E-state index contributed by atoms with van der Waals surface area (Å²) in [5, 5.41) is 2.86. The van der Waals surface area contributed by atoms with Crippen molar-refractivity contribution < 1.29 is 14.3 Å². The highest BCUT2D eigenvalue weighted by Crippen LogP contribution is 2.19. The number of hydrogen-bond donors (Lipinski definition) is 1. The van der Waals surface area contributed by atoms with Crippen molar-refractivity contribution in [2.75, 3.05) is 19.4 Å². The fourth-order valence-electron chi connectivity index (χ4n) is 3.09. The number of carbonyl (C=O) groups excluding carboxylic acids is 2. The van der Waals surface area contributed by atoms with E-state index >= 15 is 0 Å². The number of amides is 2. The number of nitrogens with zero attached hydrogens (tertiary/aromatic N) is 1. The van der Waals surface area contributed by atoms with Crippen molar-refractivity contribution in [1.82, 2.24) is 10.2 Å². The van der Waals surface area contributed by atoms with Crippen molar-refractivity contribution in [3.63, 3.8) is 0 Å². The summed E-state index contributed by atoms with van der Waals surface area (Å²) in [6.45, 7) is 4.73. The topological polar surface area (TPSA) is 58.6 Å². The Bertz CT molecular complexity index is 783. The maximum atomic E-state index is 13.1. The smallest absolute Gasteiger partial charge is 0.242 e. The molecule has 0 saturated heterocycles. The van der Waals surface area contributed by atoms with Gasteiger partial charge >= 0.3 is 0 Å². The van der Waals surface area contributed by atoms with E-state index in [0.717, 1.165) is 17.1 Å². The van der Waals surface area contributed by atoms with Gasteiger partial charge in [-0.2, -0.15) is 0 Å².